The van der Waals surface area contributed by atoms with Crippen LogP contribution in [-0.4, -0.2) is 62.5 Å². The van der Waals surface area contributed by atoms with Gasteiger partial charge in [0.25, 0.3) is 0 Å². The van der Waals surface area contributed by atoms with Gasteiger partial charge in [-0.15, -0.1) is 0 Å². The van der Waals surface area contributed by atoms with Gasteiger partial charge in [0.15, 0.2) is 0 Å². The van der Waals surface area contributed by atoms with Crippen LogP contribution in [0.15, 0.2) is 28.8 Å². The molecule has 1 saturated heterocycles. The number of morpholine rings is 1. The molecule has 1 aliphatic rings. The fourth-order valence-corrected chi connectivity index (χ4v) is 3.93. The van der Waals surface area contributed by atoms with E-state index >= 15 is 0 Å². The van der Waals surface area contributed by atoms with E-state index < -0.39 is 0 Å². The largest absolute Gasteiger partial charge is 0.385 e. The second-order valence-electron chi connectivity index (χ2n) is 9.68. The number of anilines is 1. The van der Waals surface area contributed by atoms with Crippen LogP contribution in [0.25, 0.3) is 11.3 Å². The van der Waals surface area contributed by atoms with Crippen molar-refractivity contribution in [3.63, 3.8) is 0 Å². The summed E-state index contributed by atoms with van der Waals surface area (Å²) in [4.78, 5) is 17.4. The molecular weight excluding hydrogens is 406 g/mol. The van der Waals surface area contributed by atoms with Crippen LogP contribution in [0.5, 0.6) is 0 Å². The average molecular weight is 444 g/mol. The highest BCUT2D eigenvalue weighted by Gasteiger charge is 2.28. The van der Waals surface area contributed by atoms with Gasteiger partial charge in [-0.2, -0.15) is 0 Å². The minimum Gasteiger partial charge on any atom is -0.385 e. The first-order valence-corrected chi connectivity index (χ1v) is 11.4. The highest BCUT2D eigenvalue weighted by Crippen LogP contribution is 2.34. The quantitative estimate of drug-likeness (QED) is 0.539. The predicted molar refractivity (Wildman–Crippen MR) is 126 cm³/mol. The van der Waals surface area contributed by atoms with E-state index in [1.165, 1.54) is 0 Å². The Hall–Kier alpha value is -2.38. The van der Waals surface area contributed by atoms with Crippen molar-refractivity contribution >= 4 is 11.8 Å². The third-order valence-electron chi connectivity index (χ3n) is 5.52. The third-order valence-corrected chi connectivity index (χ3v) is 5.52. The van der Waals surface area contributed by atoms with E-state index in [1.807, 2.05) is 17.0 Å². The summed E-state index contributed by atoms with van der Waals surface area (Å²) in [6.45, 7) is 12.8. The Morgan fingerprint density at radius 1 is 1.25 bits per heavy atom. The topological polar surface area (TPSA) is 68.0 Å². The van der Waals surface area contributed by atoms with Crippen LogP contribution in [0.4, 0.5) is 5.88 Å². The molecule has 0 atom stereocenters. The first kappa shape index (κ1) is 24.3. The molecule has 0 saturated carbocycles. The Morgan fingerprint density at radius 3 is 2.66 bits per heavy atom. The molecule has 2 heterocycles. The molecule has 32 heavy (non-hydrogen) atoms. The van der Waals surface area contributed by atoms with Gasteiger partial charge in [-0.25, -0.2) is 0 Å². The summed E-state index contributed by atoms with van der Waals surface area (Å²) in [6.07, 6.45) is 1.27. The number of hydrogen-bond acceptors (Lipinski definition) is 6. The predicted octanol–water partition coefficient (Wildman–Crippen LogP) is 4.29. The zero-order valence-electron chi connectivity index (χ0n) is 20.1. The summed E-state index contributed by atoms with van der Waals surface area (Å²) in [5, 5.41) is 4.47. The molecule has 0 spiro atoms. The standard InChI is InChI=1S/C25H37N3O4/c1-19-8-6-9-20(16-19)23-21(24(32-26-23)27-11-14-31-15-12-27)18-28(10-7-13-30-5)22(29)17-25(2,3)4/h6,8-9,16H,7,10-15,17-18H2,1-5H3. The smallest absolute Gasteiger partial charge is 0.233 e. The SMILES string of the molecule is COCCCN(Cc1c(-c2cccc(C)c2)noc1N1CCOCC1)C(=O)CC(C)(C)C. The van der Waals surface area contributed by atoms with E-state index in [2.05, 4.69) is 49.9 Å². The molecule has 176 valence electrons. The van der Waals surface area contributed by atoms with E-state index in [0.29, 0.717) is 39.3 Å². The summed E-state index contributed by atoms with van der Waals surface area (Å²) >= 11 is 0. The van der Waals surface area contributed by atoms with Crippen molar-refractivity contribution in [2.75, 3.05) is 51.5 Å². The van der Waals surface area contributed by atoms with Crippen LogP contribution in [0.2, 0.25) is 0 Å². The van der Waals surface area contributed by atoms with Crippen LogP contribution in [-0.2, 0) is 20.8 Å². The number of carbonyl (C=O) groups is 1. The first-order valence-electron chi connectivity index (χ1n) is 11.4. The van der Waals surface area contributed by atoms with Gasteiger partial charge in [-0.1, -0.05) is 49.7 Å². The fraction of sp³-hybridized carbons (Fsp3) is 0.600. The molecule has 0 N–H and O–H groups in total. The highest BCUT2D eigenvalue weighted by atomic mass is 16.5. The molecule has 1 amide bonds. The minimum atomic E-state index is -0.0857. The Balaban J connectivity index is 1.96. The molecule has 7 heteroatoms. The Labute approximate surface area is 191 Å². The van der Waals surface area contributed by atoms with Crippen LogP contribution in [0.1, 0.15) is 44.7 Å². The lowest BCUT2D eigenvalue weighted by Crippen LogP contribution is -2.38. The third kappa shape index (κ3) is 6.56. The molecular formula is C25H37N3O4. The van der Waals surface area contributed by atoms with Crippen molar-refractivity contribution in [2.45, 2.75) is 47.1 Å². The lowest BCUT2D eigenvalue weighted by atomic mass is 9.91. The Morgan fingerprint density at radius 2 is 2.00 bits per heavy atom. The highest BCUT2D eigenvalue weighted by molar-refractivity contribution is 5.78. The van der Waals surface area contributed by atoms with Gasteiger partial charge in [0.05, 0.1) is 25.3 Å². The van der Waals surface area contributed by atoms with Crippen LogP contribution >= 0.6 is 0 Å². The van der Waals surface area contributed by atoms with Gasteiger partial charge in [0.1, 0.15) is 5.69 Å². The second-order valence-corrected chi connectivity index (χ2v) is 9.68. The molecule has 7 nitrogen and oxygen atoms in total. The van der Waals surface area contributed by atoms with Gasteiger partial charge in [-0.3, -0.25) is 4.79 Å². The normalized spacial score (nSPS) is 14.6. The molecule has 0 radical (unpaired) electrons. The van der Waals surface area contributed by atoms with Gasteiger partial charge in [0, 0.05) is 45.3 Å². The van der Waals surface area contributed by atoms with Crippen LogP contribution in [0, 0.1) is 12.3 Å². The van der Waals surface area contributed by atoms with Gasteiger partial charge < -0.3 is 23.8 Å². The molecule has 1 aromatic carbocycles. The second kappa shape index (κ2) is 11.0. The molecule has 2 aromatic rings. The van der Waals surface area contributed by atoms with Gasteiger partial charge in [0.2, 0.25) is 11.8 Å². The summed E-state index contributed by atoms with van der Waals surface area (Å²) in [6, 6.07) is 8.25. The van der Waals surface area contributed by atoms with Gasteiger partial charge in [-0.05, 0) is 24.8 Å². The number of nitrogens with zero attached hydrogens (tertiary/aromatic N) is 3. The molecule has 0 bridgehead atoms. The maximum Gasteiger partial charge on any atom is 0.233 e. The number of amides is 1. The zero-order valence-corrected chi connectivity index (χ0v) is 20.1. The number of methoxy groups -OCH3 is 1. The lowest BCUT2D eigenvalue weighted by molar-refractivity contribution is -0.133. The van der Waals surface area contributed by atoms with Crippen molar-refractivity contribution in [3.8, 4) is 11.3 Å². The average Bonchev–Trinajstić information content (AvgIpc) is 3.16. The van der Waals surface area contributed by atoms with Crippen molar-refractivity contribution in [2.24, 2.45) is 5.41 Å². The van der Waals surface area contributed by atoms with Crippen molar-refractivity contribution in [1.82, 2.24) is 10.1 Å². The van der Waals surface area contributed by atoms with E-state index in [-0.39, 0.29) is 11.3 Å². The number of ether oxygens (including phenoxy) is 2. The molecule has 0 aliphatic carbocycles. The van der Waals surface area contributed by atoms with Gasteiger partial charge >= 0.3 is 0 Å². The zero-order chi connectivity index (χ0) is 23.1. The number of rotatable bonds is 9. The monoisotopic (exact) mass is 443 g/mol. The summed E-state index contributed by atoms with van der Waals surface area (Å²) < 4.78 is 16.7. The molecule has 0 unspecified atom stereocenters. The maximum atomic E-state index is 13.3. The van der Waals surface area contributed by atoms with E-state index in [0.717, 1.165) is 47.8 Å². The van der Waals surface area contributed by atoms with Crippen molar-refractivity contribution in [3.05, 3.63) is 35.4 Å². The fourth-order valence-electron chi connectivity index (χ4n) is 3.93. The summed E-state index contributed by atoms with van der Waals surface area (Å²) in [7, 11) is 1.69. The maximum absolute atomic E-state index is 13.3. The first-order chi connectivity index (χ1) is 15.3. The van der Waals surface area contributed by atoms with Crippen molar-refractivity contribution < 1.29 is 18.8 Å². The number of aromatic nitrogens is 1. The number of benzene rings is 1. The molecule has 1 aliphatic heterocycles. The number of carbonyl (C=O) groups excluding carboxylic acids is 1. The lowest BCUT2D eigenvalue weighted by Gasteiger charge is -2.29. The van der Waals surface area contributed by atoms with Crippen LogP contribution < -0.4 is 4.90 Å². The van der Waals surface area contributed by atoms with Crippen LogP contribution in [0.3, 0.4) is 0 Å². The van der Waals surface area contributed by atoms with Crippen molar-refractivity contribution in [1.29, 1.82) is 0 Å². The molecule has 1 aromatic heterocycles. The van der Waals surface area contributed by atoms with E-state index in [4.69, 9.17) is 14.0 Å². The molecule has 3 rings (SSSR count). The Bertz CT molecular complexity index is 882. The number of hydrogen-bond donors (Lipinski definition) is 0. The molecule has 1 fully saturated rings. The Kier molecular flexibility index (Phi) is 8.32. The van der Waals surface area contributed by atoms with E-state index in [9.17, 15) is 4.79 Å². The minimum absolute atomic E-state index is 0.0857. The summed E-state index contributed by atoms with van der Waals surface area (Å²) in [5.74, 6) is 0.878. The van der Waals surface area contributed by atoms with E-state index in [1.54, 1.807) is 7.11 Å². The number of aryl methyl sites for hydroxylation is 1. The summed E-state index contributed by atoms with van der Waals surface area (Å²) in [5.41, 5.74) is 3.83.